The second-order valence-corrected chi connectivity index (χ2v) is 14.7. The molecular weight excluding hydrogens is 562 g/mol. The van der Waals surface area contributed by atoms with Crippen LogP contribution in [0.5, 0.6) is 17.2 Å². The summed E-state index contributed by atoms with van der Waals surface area (Å²) in [4.78, 5) is 0. The van der Waals surface area contributed by atoms with Crippen molar-refractivity contribution < 1.29 is 18.7 Å². The molecule has 0 aliphatic carbocycles. The van der Waals surface area contributed by atoms with Gasteiger partial charge in [-0.1, -0.05) is 109 Å². The van der Waals surface area contributed by atoms with E-state index in [9.17, 15) is 9.67 Å². The van der Waals surface area contributed by atoms with Crippen LogP contribution in [0.2, 0.25) is 0 Å². The second-order valence-electron chi connectivity index (χ2n) is 9.70. The van der Waals surface area contributed by atoms with Gasteiger partial charge in [0.05, 0.1) is 0 Å². The minimum Gasteiger partial charge on any atom is -0.508 e. The second kappa shape index (κ2) is 14.2. The third kappa shape index (κ3) is 7.80. The number of hydrogen-bond donors (Lipinski definition) is 2. The summed E-state index contributed by atoms with van der Waals surface area (Å²) in [5.74, 6) is 1.10. The van der Waals surface area contributed by atoms with Crippen molar-refractivity contribution in [2.24, 2.45) is 4.52 Å². The molecule has 0 unspecified atom stereocenters. The molecule has 214 valence electrons. The lowest BCUT2D eigenvalue weighted by Gasteiger charge is -2.28. The maximum absolute atomic E-state index is 14.8. The van der Waals surface area contributed by atoms with Crippen molar-refractivity contribution in [1.82, 2.24) is 5.32 Å². The Kier molecular flexibility index (Phi) is 9.94. The summed E-state index contributed by atoms with van der Waals surface area (Å²) in [6, 6.07) is 45.5. The third-order valence-electron chi connectivity index (χ3n) is 6.70. The topological polar surface area (TPSA) is 80.2 Å². The van der Waals surface area contributed by atoms with Crippen LogP contribution in [0.3, 0.4) is 0 Å². The SMILES string of the molecule is O=P(N=P(CCNCCc1ccc(O)cc1)(c1ccccc1)c1ccccc1)(Oc1ccccc1)Oc1ccccc1. The fourth-order valence-corrected chi connectivity index (χ4v) is 11.0. The number of para-hydroxylation sites is 2. The van der Waals surface area contributed by atoms with Gasteiger partial charge in [-0.3, -0.25) is 0 Å². The van der Waals surface area contributed by atoms with E-state index < -0.39 is 14.8 Å². The molecule has 0 fully saturated rings. The molecular formula is C34H34N2O4P2. The molecule has 0 saturated carbocycles. The van der Waals surface area contributed by atoms with Crippen LogP contribution in [0.4, 0.5) is 0 Å². The largest absolute Gasteiger partial charge is 0.562 e. The summed E-state index contributed by atoms with van der Waals surface area (Å²) >= 11 is 0. The van der Waals surface area contributed by atoms with E-state index in [1.165, 1.54) is 0 Å². The Hall–Kier alpha value is -4.08. The Morgan fingerprint density at radius 1 is 0.595 bits per heavy atom. The quantitative estimate of drug-likeness (QED) is 0.108. The Balaban J connectivity index is 1.55. The molecule has 0 spiro atoms. The first kappa shape index (κ1) is 29.4. The Labute approximate surface area is 247 Å². The summed E-state index contributed by atoms with van der Waals surface area (Å²) in [6.07, 6.45) is 1.42. The molecule has 0 aromatic heterocycles. The van der Waals surface area contributed by atoms with Crippen LogP contribution < -0.4 is 25.0 Å². The molecule has 0 heterocycles. The molecule has 0 bridgehead atoms. The number of benzene rings is 5. The fraction of sp³-hybridized carbons (Fsp3) is 0.118. The molecule has 0 aliphatic rings. The predicted octanol–water partition coefficient (Wildman–Crippen LogP) is 7.64. The van der Waals surface area contributed by atoms with E-state index in [-0.39, 0.29) is 5.75 Å². The first-order chi connectivity index (χ1) is 20.5. The zero-order chi connectivity index (χ0) is 29.1. The highest BCUT2D eigenvalue weighted by Gasteiger charge is 2.35. The van der Waals surface area contributed by atoms with Crippen molar-refractivity contribution in [2.75, 3.05) is 19.3 Å². The smallest absolute Gasteiger partial charge is 0.508 e. The van der Waals surface area contributed by atoms with Gasteiger partial charge in [-0.2, -0.15) is 4.52 Å². The maximum atomic E-state index is 14.8. The Morgan fingerprint density at radius 2 is 1.05 bits per heavy atom. The highest BCUT2D eigenvalue weighted by Crippen LogP contribution is 2.61. The van der Waals surface area contributed by atoms with Gasteiger partial charge in [0, 0.05) is 19.8 Å². The van der Waals surface area contributed by atoms with Crippen molar-refractivity contribution in [1.29, 1.82) is 0 Å². The fourth-order valence-electron chi connectivity index (χ4n) is 4.64. The van der Waals surface area contributed by atoms with E-state index in [0.29, 0.717) is 24.2 Å². The molecule has 42 heavy (non-hydrogen) atoms. The molecule has 6 nitrogen and oxygen atoms in total. The van der Waals surface area contributed by atoms with E-state index in [0.717, 1.165) is 29.1 Å². The van der Waals surface area contributed by atoms with Gasteiger partial charge in [0.2, 0.25) is 0 Å². The van der Waals surface area contributed by atoms with Crippen LogP contribution in [-0.4, -0.2) is 24.4 Å². The van der Waals surface area contributed by atoms with Crippen LogP contribution in [-0.2, 0) is 11.0 Å². The molecule has 5 aromatic carbocycles. The lowest BCUT2D eigenvalue weighted by molar-refractivity contribution is 0.388. The zero-order valence-electron chi connectivity index (χ0n) is 23.2. The van der Waals surface area contributed by atoms with Gasteiger partial charge in [-0.15, -0.1) is 0 Å². The van der Waals surface area contributed by atoms with Crippen LogP contribution in [0.15, 0.2) is 150 Å². The highest BCUT2D eigenvalue weighted by atomic mass is 31.2. The molecule has 0 aliphatic heterocycles. The number of nitrogens with zero attached hydrogens (tertiary/aromatic N) is 1. The third-order valence-corrected chi connectivity index (χ3v) is 12.9. The summed E-state index contributed by atoms with van der Waals surface area (Å²) in [7, 11) is -6.80. The summed E-state index contributed by atoms with van der Waals surface area (Å²) < 4.78 is 32.3. The summed E-state index contributed by atoms with van der Waals surface area (Å²) in [5.41, 5.74) is 1.13. The number of nitrogens with one attached hydrogen (secondary N) is 1. The Bertz CT molecular complexity index is 1540. The van der Waals surface area contributed by atoms with E-state index in [1.54, 1.807) is 36.4 Å². The first-order valence-electron chi connectivity index (χ1n) is 13.9. The van der Waals surface area contributed by atoms with Crippen LogP contribution in [0.25, 0.3) is 0 Å². The normalized spacial score (nSPS) is 11.5. The molecule has 8 heteroatoms. The van der Waals surface area contributed by atoms with Gasteiger partial charge in [-0.05, 0) is 65.5 Å². The average molecular weight is 597 g/mol. The van der Waals surface area contributed by atoms with Gasteiger partial charge in [0.15, 0.2) is 0 Å². The standard InChI is InChI=1S/C34H34N2O4P2/c37-30-23-21-29(22-24-30)25-26-35-27-28-41(33-17-9-3-10-18-33,34-19-11-4-12-20-34)36-42(38,39-31-13-5-1-6-14-31)40-32-15-7-2-8-16-32/h1-24,35,37H,25-28H2. The van der Waals surface area contributed by atoms with Crippen LogP contribution in [0.1, 0.15) is 5.56 Å². The number of phenolic OH excluding ortho intramolecular Hbond substituents is 1. The average Bonchev–Trinajstić information content (AvgIpc) is 3.03. The number of hydrogen-bond acceptors (Lipinski definition) is 5. The minimum absolute atomic E-state index is 0.258. The number of rotatable bonds is 13. The number of aromatic hydroxyl groups is 1. The summed E-state index contributed by atoms with van der Waals surface area (Å²) in [5, 5.41) is 15.1. The minimum atomic E-state index is -4.10. The van der Waals surface area contributed by atoms with E-state index in [4.69, 9.17) is 13.6 Å². The van der Waals surface area contributed by atoms with E-state index >= 15 is 0 Å². The zero-order valence-corrected chi connectivity index (χ0v) is 25.0. The Morgan fingerprint density at radius 3 is 1.52 bits per heavy atom. The molecule has 5 rings (SSSR count). The van der Waals surface area contributed by atoms with Crippen LogP contribution in [0, 0.1) is 0 Å². The molecule has 0 saturated heterocycles. The molecule has 0 amide bonds. The number of phenols is 1. The molecule has 2 N–H and O–H groups in total. The van der Waals surface area contributed by atoms with Crippen molar-refractivity contribution in [2.45, 2.75) is 6.42 Å². The predicted molar refractivity (Wildman–Crippen MR) is 173 cm³/mol. The summed E-state index contributed by atoms with van der Waals surface area (Å²) in [6.45, 7) is 1.38. The van der Waals surface area contributed by atoms with Crippen molar-refractivity contribution >= 4 is 25.4 Å². The van der Waals surface area contributed by atoms with Gasteiger partial charge >= 0.3 is 7.75 Å². The molecule has 5 aromatic rings. The lowest BCUT2D eigenvalue weighted by atomic mass is 10.1. The van der Waals surface area contributed by atoms with Gasteiger partial charge in [-0.25, -0.2) is 4.57 Å². The van der Waals surface area contributed by atoms with Crippen molar-refractivity contribution in [3.63, 3.8) is 0 Å². The van der Waals surface area contributed by atoms with Crippen LogP contribution >= 0.6 is 14.8 Å². The maximum Gasteiger partial charge on any atom is 0.562 e. The lowest BCUT2D eigenvalue weighted by Crippen LogP contribution is -2.27. The molecule has 0 atom stereocenters. The van der Waals surface area contributed by atoms with Gasteiger partial charge in [0.1, 0.15) is 17.2 Å². The molecule has 0 radical (unpaired) electrons. The van der Waals surface area contributed by atoms with Crippen molar-refractivity contribution in [3.8, 4) is 17.2 Å². The highest BCUT2D eigenvalue weighted by molar-refractivity contribution is 7.84. The monoisotopic (exact) mass is 596 g/mol. The first-order valence-corrected chi connectivity index (χ1v) is 17.3. The van der Waals surface area contributed by atoms with E-state index in [2.05, 4.69) is 29.6 Å². The van der Waals surface area contributed by atoms with Gasteiger partial charge in [0.25, 0.3) is 0 Å². The van der Waals surface area contributed by atoms with E-state index in [1.807, 2.05) is 84.9 Å². The van der Waals surface area contributed by atoms with Crippen molar-refractivity contribution in [3.05, 3.63) is 151 Å². The van der Waals surface area contributed by atoms with Gasteiger partial charge < -0.3 is 19.5 Å².